The number of ether oxygens (including phenoxy) is 1. The van der Waals surface area contributed by atoms with E-state index in [9.17, 15) is 9.90 Å². The van der Waals surface area contributed by atoms with Crippen molar-refractivity contribution in [2.45, 2.75) is 26.3 Å². The molecular weight excluding hydrogens is 344 g/mol. The summed E-state index contributed by atoms with van der Waals surface area (Å²) < 4.78 is 10.5. The smallest absolute Gasteiger partial charge is 0.336 e. The number of fused-ring (bicyclic) bond motifs is 1. The summed E-state index contributed by atoms with van der Waals surface area (Å²) in [5.74, 6) is 0.893. The molecule has 2 heterocycles. The van der Waals surface area contributed by atoms with Crippen LogP contribution in [-0.4, -0.2) is 17.9 Å². The van der Waals surface area contributed by atoms with Crippen LogP contribution in [0.1, 0.15) is 34.7 Å². The van der Waals surface area contributed by atoms with Crippen LogP contribution in [0.3, 0.4) is 0 Å². The standard InChI is InChI=1S/C21H20N2O4/c1-11-8-19(24)27-21-12(2)20(25)16(9-15(11)21)18-10-17(22-23-18)13-4-6-14(26-3)7-5-13/h4-9,17,22,25H,10H2,1-3H3/t17-/m0/s1. The van der Waals surface area contributed by atoms with Crippen LogP contribution in [-0.2, 0) is 0 Å². The van der Waals surface area contributed by atoms with Gasteiger partial charge in [-0.1, -0.05) is 12.1 Å². The highest BCUT2D eigenvalue weighted by Crippen LogP contribution is 2.35. The fraction of sp³-hybridized carbons (Fsp3) is 0.238. The number of methoxy groups -OCH3 is 1. The van der Waals surface area contributed by atoms with Gasteiger partial charge in [0.25, 0.3) is 0 Å². The normalized spacial score (nSPS) is 16.3. The number of hydrogen-bond acceptors (Lipinski definition) is 6. The highest BCUT2D eigenvalue weighted by molar-refractivity contribution is 6.07. The summed E-state index contributed by atoms with van der Waals surface area (Å²) in [7, 11) is 1.64. The van der Waals surface area contributed by atoms with Crippen molar-refractivity contribution >= 4 is 16.7 Å². The van der Waals surface area contributed by atoms with Gasteiger partial charge in [-0.3, -0.25) is 0 Å². The van der Waals surface area contributed by atoms with Gasteiger partial charge in [-0.05, 0) is 43.2 Å². The quantitative estimate of drug-likeness (QED) is 0.694. The van der Waals surface area contributed by atoms with Gasteiger partial charge < -0.3 is 19.7 Å². The van der Waals surface area contributed by atoms with Gasteiger partial charge in [0, 0.05) is 29.0 Å². The van der Waals surface area contributed by atoms with Crippen molar-refractivity contribution in [1.82, 2.24) is 5.43 Å². The van der Waals surface area contributed by atoms with E-state index in [2.05, 4.69) is 10.5 Å². The zero-order valence-electron chi connectivity index (χ0n) is 15.4. The average molecular weight is 364 g/mol. The molecule has 1 aromatic heterocycles. The Morgan fingerprint density at radius 3 is 2.67 bits per heavy atom. The van der Waals surface area contributed by atoms with Crippen molar-refractivity contribution in [3.63, 3.8) is 0 Å². The van der Waals surface area contributed by atoms with Crippen molar-refractivity contribution in [3.8, 4) is 11.5 Å². The Morgan fingerprint density at radius 2 is 1.96 bits per heavy atom. The second-order valence-electron chi connectivity index (χ2n) is 6.74. The molecule has 0 saturated heterocycles. The van der Waals surface area contributed by atoms with E-state index in [4.69, 9.17) is 9.15 Å². The molecule has 1 aliphatic heterocycles. The number of hydrazone groups is 1. The molecule has 4 rings (SSSR count). The van der Waals surface area contributed by atoms with Crippen LogP contribution in [0.4, 0.5) is 0 Å². The lowest BCUT2D eigenvalue weighted by molar-refractivity contribution is 0.414. The molecule has 138 valence electrons. The predicted octanol–water partition coefficient (Wildman–Crippen LogP) is 3.56. The van der Waals surface area contributed by atoms with E-state index in [1.807, 2.05) is 37.3 Å². The molecule has 0 amide bonds. The zero-order chi connectivity index (χ0) is 19.1. The van der Waals surface area contributed by atoms with Gasteiger partial charge in [0.2, 0.25) is 0 Å². The molecule has 1 atom stereocenters. The van der Waals surface area contributed by atoms with Crippen LogP contribution < -0.4 is 15.8 Å². The summed E-state index contributed by atoms with van der Waals surface area (Å²) in [5, 5.41) is 15.9. The number of hydrogen-bond donors (Lipinski definition) is 2. The second-order valence-corrected chi connectivity index (χ2v) is 6.74. The molecule has 6 nitrogen and oxygen atoms in total. The molecule has 2 aromatic carbocycles. The minimum Gasteiger partial charge on any atom is -0.507 e. The van der Waals surface area contributed by atoms with Gasteiger partial charge in [-0.2, -0.15) is 5.10 Å². The number of phenolic OH excluding ortho intramolecular Hbond substituents is 1. The molecule has 0 unspecified atom stereocenters. The molecule has 0 radical (unpaired) electrons. The molecule has 2 N–H and O–H groups in total. The molecule has 1 aliphatic rings. The highest BCUT2D eigenvalue weighted by Gasteiger charge is 2.25. The van der Waals surface area contributed by atoms with Gasteiger partial charge in [0.1, 0.15) is 17.1 Å². The van der Waals surface area contributed by atoms with Crippen molar-refractivity contribution in [3.05, 3.63) is 69.1 Å². The number of rotatable bonds is 3. The molecule has 3 aromatic rings. The Morgan fingerprint density at radius 1 is 1.22 bits per heavy atom. The average Bonchev–Trinajstić information content (AvgIpc) is 3.15. The largest absolute Gasteiger partial charge is 0.507 e. The van der Waals surface area contributed by atoms with Gasteiger partial charge in [-0.15, -0.1) is 0 Å². The first kappa shape index (κ1) is 17.1. The zero-order valence-corrected chi connectivity index (χ0v) is 15.4. The summed E-state index contributed by atoms with van der Waals surface area (Å²) >= 11 is 0. The van der Waals surface area contributed by atoms with E-state index < -0.39 is 5.63 Å². The van der Waals surface area contributed by atoms with Crippen molar-refractivity contribution in [2.75, 3.05) is 7.11 Å². The van der Waals surface area contributed by atoms with Crippen LogP contribution in [0.5, 0.6) is 11.5 Å². The first-order valence-electron chi connectivity index (χ1n) is 8.71. The summed E-state index contributed by atoms with van der Waals surface area (Å²) in [4.78, 5) is 11.7. The van der Waals surface area contributed by atoms with Gasteiger partial charge in [0.15, 0.2) is 0 Å². The third kappa shape index (κ3) is 2.93. The Labute approximate surface area is 156 Å². The Kier molecular flexibility index (Phi) is 4.11. The van der Waals surface area contributed by atoms with Crippen molar-refractivity contribution in [2.24, 2.45) is 5.10 Å². The lowest BCUT2D eigenvalue weighted by Crippen LogP contribution is -2.10. The monoisotopic (exact) mass is 364 g/mol. The molecule has 27 heavy (non-hydrogen) atoms. The number of phenols is 1. The van der Waals surface area contributed by atoms with E-state index >= 15 is 0 Å². The fourth-order valence-corrected chi connectivity index (χ4v) is 3.46. The maximum atomic E-state index is 11.7. The highest BCUT2D eigenvalue weighted by atomic mass is 16.5. The van der Waals surface area contributed by atoms with E-state index in [0.717, 1.165) is 28.0 Å². The van der Waals surface area contributed by atoms with E-state index in [0.29, 0.717) is 23.1 Å². The van der Waals surface area contributed by atoms with E-state index in [1.165, 1.54) is 6.07 Å². The van der Waals surface area contributed by atoms with E-state index in [1.54, 1.807) is 14.0 Å². The molecule has 0 saturated carbocycles. The summed E-state index contributed by atoms with van der Waals surface area (Å²) in [6.45, 7) is 3.60. The fourth-order valence-electron chi connectivity index (χ4n) is 3.46. The van der Waals surface area contributed by atoms with Crippen LogP contribution in [0, 0.1) is 13.8 Å². The Balaban J connectivity index is 1.70. The molecule has 0 fully saturated rings. The van der Waals surface area contributed by atoms with Crippen molar-refractivity contribution in [1.29, 1.82) is 0 Å². The first-order valence-corrected chi connectivity index (χ1v) is 8.71. The summed E-state index contributed by atoms with van der Waals surface area (Å²) in [6.07, 6.45) is 0.640. The third-order valence-electron chi connectivity index (χ3n) is 5.03. The topological polar surface area (TPSA) is 84.1 Å². The lowest BCUT2D eigenvalue weighted by Gasteiger charge is -2.12. The third-order valence-corrected chi connectivity index (χ3v) is 5.03. The lowest BCUT2D eigenvalue weighted by atomic mass is 9.95. The maximum Gasteiger partial charge on any atom is 0.336 e. The second kappa shape index (κ2) is 6.46. The number of aryl methyl sites for hydroxylation is 2. The van der Waals surface area contributed by atoms with Gasteiger partial charge >= 0.3 is 5.63 Å². The molecule has 6 heteroatoms. The molecular formula is C21H20N2O4. The number of aromatic hydroxyl groups is 1. The SMILES string of the molecule is COc1ccc([C@@H]2CC(c3cc4c(C)cc(=O)oc4c(C)c3O)=NN2)cc1. The number of nitrogens with one attached hydrogen (secondary N) is 1. The summed E-state index contributed by atoms with van der Waals surface area (Å²) in [5.41, 5.74) is 7.00. The number of nitrogens with zero attached hydrogens (tertiary/aromatic N) is 1. The summed E-state index contributed by atoms with van der Waals surface area (Å²) in [6, 6.07) is 11.1. The van der Waals surface area contributed by atoms with Crippen molar-refractivity contribution < 1.29 is 14.3 Å². The van der Waals surface area contributed by atoms with Crippen LogP contribution in [0.15, 0.2) is 50.7 Å². The number of benzene rings is 2. The minimum absolute atomic E-state index is 0.0242. The van der Waals surface area contributed by atoms with Gasteiger partial charge in [0.05, 0.1) is 18.9 Å². The van der Waals surface area contributed by atoms with Crippen LogP contribution in [0.2, 0.25) is 0 Å². The molecule has 0 spiro atoms. The predicted molar refractivity (Wildman–Crippen MR) is 104 cm³/mol. The van der Waals surface area contributed by atoms with E-state index in [-0.39, 0.29) is 11.8 Å². The Hall–Kier alpha value is -3.28. The van der Waals surface area contributed by atoms with Crippen LogP contribution >= 0.6 is 0 Å². The minimum atomic E-state index is -0.422. The maximum absolute atomic E-state index is 11.7. The molecule has 0 aliphatic carbocycles. The first-order chi connectivity index (χ1) is 13.0. The Bertz CT molecular complexity index is 1110. The van der Waals surface area contributed by atoms with Crippen LogP contribution in [0.25, 0.3) is 11.0 Å². The molecule has 0 bridgehead atoms. The van der Waals surface area contributed by atoms with Gasteiger partial charge in [-0.25, -0.2) is 4.79 Å².